The molecule has 0 spiro atoms. The highest BCUT2D eigenvalue weighted by Gasteiger charge is 2.33. The molecule has 1 N–H and O–H groups in total. The van der Waals surface area contributed by atoms with Crippen LogP contribution >= 0.6 is 0 Å². The number of H-pyrrole nitrogens is 1. The number of carbonyl (C=O) groups is 1. The summed E-state index contributed by atoms with van der Waals surface area (Å²) < 4.78 is 27.0. The van der Waals surface area contributed by atoms with Gasteiger partial charge in [-0.1, -0.05) is 24.3 Å². The summed E-state index contributed by atoms with van der Waals surface area (Å²) in [4.78, 5) is 17.6. The third kappa shape index (κ3) is 2.69. The Labute approximate surface area is 144 Å². The van der Waals surface area contributed by atoms with Crippen molar-refractivity contribution in [2.75, 3.05) is 6.54 Å². The highest BCUT2D eigenvalue weighted by atomic mass is 19.1. The molecule has 1 aromatic heterocycles. The van der Waals surface area contributed by atoms with E-state index in [0.717, 1.165) is 28.6 Å². The summed E-state index contributed by atoms with van der Waals surface area (Å²) in [5.41, 5.74) is 3.04. The lowest BCUT2D eigenvalue weighted by atomic mass is 9.93. The first-order chi connectivity index (χ1) is 12.0. The minimum absolute atomic E-state index is 0.00431. The van der Waals surface area contributed by atoms with Crippen LogP contribution in [0.3, 0.4) is 0 Å². The van der Waals surface area contributed by atoms with Gasteiger partial charge in [-0.25, -0.2) is 8.78 Å². The first-order valence-corrected chi connectivity index (χ1v) is 8.35. The normalized spacial score (nSPS) is 16.9. The highest BCUT2D eigenvalue weighted by Crippen LogP contribution is 2.34. The monoisotopic (exact) mass is 340 g/mol. The summed E-state index contributed by atoms with van der Waals surface area (Å²) >= 11 is 0. The van der Waals surface area contributed by atoms with Crippen molar-refractivity contribution >= 4 is 16.8 Å². The largest absolute Gasteiger partial charge is 0.356 e. The number of fused-ring (bicyclic) bond motifs is 1. The van der Waals surface area contributed by atoms with Gasteiger partial charge in [-0.15, -0.1) is 0 Å². The van der Waals surface area contributed by atoms with Crippen molar-refractivity contribution in [1.29, 1.82) is 0 Å². The third-order valence-corrected chi connectivity index (χ3v) is 5.03. The molecule has 4 rings (SSSR count). The smallest absolute Gasteiger partial charge is 0.227 e. The average Bonchev–Trinajstić information content (AvgIpc) is 2.86. The van der Waals surface area contributed by atoms with Gasteiger partial charge in [-0.05, 0) is 42.7 Å². The summed E-state index contributed by atoms with van der Waals surface area (Å²) in [6.07, 6.45) is 1.10. The Balaban J connectivity index is 1.57. The molecule has 1 saturated heterocycles. The number of likely N-dealkylation sites (tertiary alicyclic amines) is 1. The molecule has 1 amide bonds. The van der Waals surface area contributed by atoms with Gasteiger partial charge >= 0.3 is 0 Å². The number of aromatic nitrogens is 1. The molecule has 0 aliphatic carbocycles. The Morgan fingerprint density at radius 1 is 1.20 bits per heavy atom. The highest BCUT2D eigenvalue weighted by molar-refractivity contribution is 5.90. The number of hydrogen-bond donors (Lipinski definition) is 1. The molecule has 128 valence electrons. The van der Waals surface area contributed by atoms with Gasteiger partial charge < -0.3 is 9.88 Å². The lowest BCUT2D eigenvalue weighted by Crippen LogP contribution is -2.45. The maximum absolute atomic E-state index is 13.9. The van der Waals surface area contributed by atoms with E-state index < -0.39 is 0 Å². The number of para-hydroxylation sites is 1. The molecule has 3 nitrogen and oxygen atoms in total. The number of carbonyl (C=O) groups excluding carboxylic acids is 1. The quantitative estimate of drug-likeness (QED) is 0.759. The number of amides is 1. The van der Waals surface area contributed by atoms with Crippen LogP contribution in [0, 0.1) is 18.6 Å². The van der Waals surface area contributed by atoms with E-state index in [-0.39, 0.29) is 30.0 Å². The molecule has 0 saturated carbocycles. The third-order valence-electron chi connectivity index (χ3n) is 5.03. The summed E-state index contributed by atoms with van der Waals surface area (Å²) in [6.45, 7) is 2.55. The fraction of sp³-hybridized carbons (Fsp3) is 0.250. The van der Waals surface area contributed by atoms with Crippen molar-refractivity contribution in [3.63, 3.8) is 0 Å². The number of rotatable bonds is 3. The molecule has 1 aliphatic rings. The number of aromatic amines is 1. The van der Waals surface area contributed by atoms with E-state index in [9.17, 15) is 13.6 Å². The lowest BCUT2D eigenvalue weighted by Gasteiger charge is -2.41. The predicted molar refractivity (Wildman–Crippen MR) is 92.2 cm³/mol. The lowest BCUT2D eigenvalue weighted by molar-refractivity contribution is -0.138. The zero-order valence-corrected chi connectivity index (χ0v) is 13.9. The molecule has 2 aromatic carbocycles. The molecular formula is C20H18F2N2O. The van der Waals surface area contributed by atoms with Crippen molar-refractivity contribution in [1.82, 2.24) is 9.88 Å². The maximum atomic E-state index is 13.9. The number of nitrogens with zero attached hydrogens (tertiary/aromatic N) is 1. The molecule has 1 aliphatic heterocycles. The van der Waals surface area contributed by atoms with Gasteiger partial charge in [0.15, 0.2) is 0 Å². The van der Waals surface area contributed by atoms with Crippen LogP contribution in [0.25, 0.3) is 10.9 Å². The molecular weight excluding hydrogens is 322 g/mol. The van der Waals surface area contributed by atoms with Crippen LogP contribution in [0.5, 0.6) is 0 Å². The molecule has 1 atom stereocenters. The summed E-state index contributed by atoms with van der Waals surface area (Å²) in [7, 11) is 0. The van der Waals surface area contributed by atoms with Gasteiger partial charge in [0.05, 0.1) is 18.0 Å². The van der Waals surface area contributed by atoms with Crippen LogP contribution in [0.15, 0.2) is 42.5 Å². The first-order valence-electron chi connectivity index (χ1n) is 8.35. The second kappa shape index (κ2) is 5.99. The number of hydrogen-bond acceptors (Lipinski definition) is 1. The fourth-order valence-corrected chi connectivity index (χ4v) is 3.57. The number of nitrogens with one attached hydrogen (secondary N) is 1. The SMILES string of the molecule is Cc1[nH]c2c(F)cccc2c1CC(=O)N1CC[C@H]1c1ccc(F)cc1. The minimum Gasteiger partial charge on any atom is -0.356 e. The van der Waals surface area contributed by atoms with Crippen molar-refractivity contribution in [3.05, 3.63) is 70.9 Å². The van der Waals surface area contributed by atoms with Crippen LogP contribution in [0.2, 0.25) is 0 Å². The van der Waals surface area contributed by atoms with Gasteiger partial charge in [0.1, 0.15) is 11.6 Å². The second-order valence-corrected chi connectivity index (χ2v) is 6.51. The molecule has 3 aromatic rings. The molecule has 2 heterocycles. The zero-order chi connectivity index (χ0) is 17.6. The van der Waals surface area contributed by atoms with E-state index in [4.69, 9.17) is 0 Å². The van der Waals surface area contributed by atoms with Crippen LogP contribution in [-0.4, -0.2) is 22.3 Å². The molecule has 1 fully saturated rings. The summed E-state index contributed by atoms with van der Waals surface area (Å²) in [5.74, 6) is -0.585. The second-order valence-electron chi connectivity index (χ2n) is 6.51. The average molecular weight is 340 g/mol. The summed E-state index contributed by atoms with van der Waals surface area (Å²) in [5, 5.41) is 0.754. The molecule has 5 heteroatoms. The standard InChI is InChI=1S/C20H18F2N2O/c1-12-16(15-3-2-4-17(22)20(15)23-12)11-19(25)24-10-9-18(24)13-5-7-14(21)8-6-13/h2-8,18,23H,9-11H2,1H3/t18-/m0/s1. The van der Waals surface area contributed by atoms with Gasteiger partial charge in [0, 0.05) is 17.6 Å². The zero-order valence-electron chi connectivity index (χ0n) is 13.9. The van der Waals surface area contributed by atoms with Gasteiger partial charge in [0.2, 0.25) is 5.91 Å². The van der Waals surface area contributed by atoms with Crippen molar-refractivity contribution in [3.8, 4) is 0 Å². The Bertz CT molecular complexity index is 946. The fourth-order valence-electron chi connectivity index (χ4n) is 3.57. The Kier molecular flexibility index (Phi) is 3.79. The van der Waals surface area contributed by atoms with Crippen LogP contribution < -0.4 is 0 Å². The van der Waals surface area contributed by atoms with Gasteiger partial charge in [0.25, 0.3) is 0 Å². The molecule has 0 bridgehead atoms. The Morgan fingerprint density at radius 3 is 2.64 bits per heavy atom. The minimum atomic E-state index is -0.313. The van der Waals surface area contributed by atoms with Crippen molar-refractivity contribution < 1.29 is 13.6 Å². The van der Waals surface area contributed by atoms with E-state index >= 15 is 0 Å². The molecule has 0 unspecified atom stereocenters. The van der Waals surface area contributed by atoms with Gasteiger partial charge in [-0.3, -0.25) is 4.79 Å². The van der Waals surface area contributed by atoms with E-state index in [1.165, 1.54) is 18.2 Å². The first kappa shape index (κ1) is 15.8. The van der Waals surface area contributed by atoms with E-state index in [1.807, 2.05) is 17.9 Å². The van der Waals surface area contributed by atoms with Crippen LogP contribution in [0.4, 0.5) is 8.78 Å². The van der Waals surface area contributed by atoms with E-state index in [2.05, 4.69) is 4.98 Å². The number of aryl methyl sites for hydroxylation is 1. The van der Waals surface area contributed by atoms with Crippen LogP contribution in [-0.2, 0) is 11.2 Å². The predicted octanol–water partition coefficient (Wildman–Crippen LogP) is 4.27. The van der Waals surface area contributed by atoms with Gasteiger partial charge in [-0.2, -0.15) is 0 Å². The molecule has 0 radical (unpaired) electrons. The molecule has 25 heavy (non-hydrogen) atoms. The topological polar surface area (TPSA) is 36.1 Å². The Hall–Kier alpha value is -2.69. The van der Waals surface area contributed by atoms with Crippen molar-refractivity contribution in [2.24, 2.45) is 0 Å². The van der Waals surface area contributed by atoms with E-state index in [1.54, 1.807) is 18.2 Å². The summed E-state index contributed by atoms with van der Waals surface area (Å²) in [6, 6.07) is 11.2. The van der Waals surface area contributed by atoms with E-state index in [0.29, 0.717) is 12.1 Å². The van der Waals surface area contributed by atoms with Crippen molar-refractivity contribution in [2.45, 2.75) is 25.8 Å². The number of halogens is 2. The Morgan fingerprint density at radius 2 is 1.96 bits per heavy atom. The number of benzene rings is 2. The maximum Gasteiger partial charge on any atom is 0.227 e. The van der Waals surface area contributed by atoms with Crippen LogP contribution in [0.1, 0.15) is 29.3 Å².